The van der Waals surface area contributed by atoms with E-state index in [-0.39, 0.29) is 5.82 Å². The SMILES string of the molecule is CCCOc1ccc(-c2noc(Cc3nc(-c4ccc(F)cc4)cs3)n2)cc1. The van der Waals surface area contributed by atoms with Crippen molar-refractivity contribution >= 4 is 11.3 Å². The Morgan fingerprint density at radius 3 is 2.50 bits per heavy atom. The second-order valence-electron chi connectivity index (χ2n) is 6.19. The van der Waals surface area contributed by atoms with Gasteiger partial charge in [-0.2, -0.15) is 4.98 Å². The Kier molecular flexibility index (Phi) is 5.43. The van der Waals surface area contributed by atoms with Gasteiger partial charge in [-0.3, -0.25) is 0 Å². The smallest absolute Gasteiger partial charge is 0.233 e. The molecular weight excluding hydrogens is 377 g/mol. The summed E-state index contributed by atoms with van der Waals surface area (Å²) in [5, 5.41) is 6.86. The molecule has 0 fully saturated rings. The molecule has 0 spiro atoms. The minimum atomic E-state index is -0.262. The Bertz CT molecular complexity index is 1040. The lowest BCUT2D eigenvalue weighted by Gasteiger charge is -2.03. The second-order valence-corrected chi connectivity index (χ2v) is 7.14. The molecule has 0 unspecified atom stereocenters. The number of benzene rings is 2. The molecule has 0 amide bonds. The molecule has 0 saturated heterocycles. The van der Waals surface area contributed by atoms with Crippen LogP contribution in [0.2, 0.25) is 0 Å². The van der Waals surface area contributed by atoms with Crippen molar-refractivity contribution in [3.05, 3.63) is 70.6 Å². The summed E-state index contributed by atoms with van der Waals surface area (Å²) in [4.78, 5) is 9.04. The molecule has 0 saturated carbocycles. The van der Waals surface area contributed by atoms with Gasteiger partial charge in [-0.25, -0.2) is 9.37 Å². The molecule has 0 bridgehead atoms. The normalized spacial score (nSPS) is 10.9. The van der Waals surface area contributed by atoms with E-state index in [0.29, 0.717) is 24.7 Å². The number of hydrogen-bond donors (Lipinski definition) is 0. The number of nitrogens with zero attached hydrogens (tertiary/aromatic N) is 3. The summed E-state index contributed by atoms with van der Waals surface area (Å²) in [6.07, 6.45) is 1.42. The van der Waals surface area contributed by atoms with Crippen LogP contribution in [0.4, 0.5) is 4.39 Å². The van der Waals surface area contributed by atoms with Gasteiger partial charge in [0.15, 0.2) is 0 Å². The molecule has 0 N–H and O–H groups in total. The van der Waals surface area contributed by atoms with Crippen LogP contribution in [0.5, 0.6) is 5.75 Å². The van der Waals surface area contributed by atoms with Crippen LogP contribution in [0, 0.1) is 5.82 Å². The summed E-state index contributed by atoms with van der Waals surface area (Å²) in [6, 6.07) is 13.9. The van der Waals surface area contributed by atoms with Crippen LogP contribution in [-0.4, -0.2) is 21.7 Å². The van der Waals surface area contributed by atoms with Crippen molar-refractivity contribution in [1.82, 2.24) is 15.1 Å². The Morgan fingerprint density at radius 1 is 1.00 bits per heavy atom. The third-order valence-corrected chi connectivity index (χ3v) is 4.90. The predicted molar refractivity (Wildman–Crippen MR) is 106 cm³/mol. The zero-order valence-corrected chi connectivity index (χ0v) is 16.1. The second kappa shape index (κ2) is 8.31. The van der Waals surface area contributed by atoms with E-state index < -0.39 is 0 Å². The number of aromatic nitrogens is 3. The number of rotatable bonds is 7. The minimum absolute atomic E-state index is 0.262. The Hall–Kier alpha value is -3.06. The molecule has 5 nitrogen and oxygen atoms in total. The van der Waals surface area contributed by atoms with Gasteiger partial charge >= 0.3 is 0 Å². The molecule has 28 heavy (non-hydrogen) atoms. The van der Waals surface area contributed by atoms with E-state index in [2.05, 4.69) is 22.0 Å². The highest BCUT2D eigenvalue weighted by molar-refractivity contribution is 7.10. The van der Waals surface area contributed by atoms with Crippen LogP contribution in [-0.2, 0) is 6.42 Å². The van der Waals surface area contributed by atoms with E-state index in [1.165, 1.54) is 23.5 Å². The summed E-state index contributed by atoms with van der Waals surface area (Å²) in [5.41, 5.74) is 2.55. The van der Waals surface area contributed by atoms with Gasteiger partial charge in [0.25, 0.3) is 0 Å². The molecule has 7 heteroatoms. The maximum Gasteiger partial charge on any atom is 0.233 e. The Balaban J connectivity index is 1.44. The largest absolute Gasteiger partial charge is 0.494 e. The van der Waals surface area contributed by atoms with Crippen molar-refractivity contribution in [2.24, 2.45) is 0 Å². The summed E-state index contributed by atoms with van der Waals surface area (Å²) in [6.45, 7) is 2.76. The van der Waals surface area contributed by atoms with Crippen LogP contribution in [0.25, 0.3) is 22.6 Å². The summed E-state index contributed by atoms with van der Waals surface area (Å²) in [5.74, 6) is 1.60. The summed E-state index contributed by atoms with van der Waals surface area (Å²) < 4.78 is 24.0. The lowest BCUT2D eigenvalue weighted by Crippen LogP contribution is -1.94. The van der Waals surface area contributed by atoms with Crippen molar-refractivity contribution in [2.75, 3.05) is 6.61 Å². The van der Waals surface area contributed by atoms with Gasteiger partial charge in [0, 0.05) is 16.5 Å². The first-order valence-corrected chi connectivity index (χ1v) is 9.85. The van der Waals surface area contributed by atoms with Crippen LogP contribution in [0.1, 0.15) is 24.2 Å². The molecule has 4 rings (SSSR count). The van der Waals surface area contributed by atoms with E-state index >= 15 is 0 Å². The molecule has 0 aliphatic heterocycles. The highest BCUT2D eigenvalue weighted by atomic mass is 32.1. The molecule has 0 radical (unpaired) electrons. The third-order valence-electron chi connectivity index (χ3n) is 4.05. The summed E-state index contributed by atoms with van der Waals surface area (Å²) >= 11 is 1.51. The third kappa shape index (κ3) is 4.26. The van der Waals surface area contributed by atoms with Crippen molar-refractivity contribution in [1.29, 1.82) is 0 Å². The molecule has 0 aliphatic rings. The fourth-order valence-corrected chi connectivity index (χ4v) is 3.43. The van der Waals surface area contributed by atoms with Crippen LogP contribution >= 0.6 is 11.3 Å². The molecule has 2 aromatic carbocycles. The Labute approximate surface area is 165 Å². The van der Waals surface area contributed by atoms with Crippen LogP contribution < -0.4 is 4.74 Å². The van der Waals surface area contributed by atoms with E-state index in [0.717, 1.165) is 34.0 Å². The van der Waals surface area contributed by atoms with Crippen LogP contribution in [0.15, 0.2) is 58.4 Å². The average molecular weight is 395 g/mol. The van der Waals surface area contributed by atoms with Gasteiger partial charge in [-0.05, 0) is 55.0 Å². The fourth-order valence-electron chi connectivity index (χ4n) is 2.64. The van der Waals surface area contributed by atoms with E-state index in [1.54, 1.807) is 12.1 Å². The van der Waals surface area contributed by atoms with Crippen LogP contribution in [0.3, 0.4) is 0 Å². The maximum atomic E-state index is 13.1. The van der Waals surface area contributed by atoms with Gasteiger partial charge in [-0.15, -0.1) is 11.3 Å². The fraction of sp³-hybridized carbons (Fsp3) is 0.190. The zero-order chi connectivity index (χ0) is 19.3. The topological polar surface area (TPSA) is 61.0 Å². The minimum Gasteiger partial charge on any atom is -0.494 e. The van der Waals surface area contributed by atoms with Crippen molar-refractivity contribution < 1.29 is 13.7 Å². The first kappa shape index (κ1) is 18.3. The predicted octanol–water partition coefficient (Wildman–Crippen LogP) is 5.38. The zero-order valence-electron chi connectivity index (χ0n) is 15.3. The molecule has 0 atom stereocenters. The maximum absolute atomic E-state index is 13.1. The molecular formula is C21H18FN3O2S. The standard InChI is InChI=1S/C21H18FN3O2S/c1-2-11-26-17-9-5-15(6-10-17)21-24-19(27-25-21)12-20-23-18(13-28-20)14-3-7-16(22)8-4-14/h3-10,13H,2,11-12H2,1H3. The lowest BCUT2D eigenvalue weighted by atomic mass is 10.2. The molecule has 142 valence electrons. The monoisotopic (exact) mass is 395 g/mol. The van der Waals surface area contributed by atoms with Crippen molar-refractivity contribution in [3.8, 4) is 28.4 Å². The van der Waals surface area contributed by atoms with E-state index in [4.69, 9.17) is 9.26 Å². The molecule has 0 aliphatic carbocycles. The van der Waals surface area contributed by atoms with E-state index in [9.17, 15) is 4.39 Å². The van der Waals surface area contributed by atoms with Gasteiger partial charge < -0.3 is 9.26 Å². The van der Waals surface area contributed by atoms with E-state index in [1.807, 2.05) is 29.6 Å². The molecule has 4 aromatic rings. The van der Waals surface area contributed by atoms with Gasteiger partial charge in [-0.1, -0.05) is 12.1 Å². The first-order valence-electron chi connectivity index (χ1n) is 8.97. The average Bonchev–Trinajstić information content (AvgIpc) is 3.38. The molecule has 2 heterocycles. The molecule has 2 aromatic heterocycles. The number of hydrogen-bond acceptors (Lipinski definition) is 6. The Morgan fingerprint density at radius 2 is 1.75 bits per heavy atom. The van der Waals surface area contributed by atoms with Crippen molar-refractivity contribution in [3.63, 3.8) is 0 Å². The van der Waals surface area contributed by atoms with Gasteiger partial charge in [0.05, 0.1) is 18.7 Å². The first-order chi connectivity index (χ1) is 13.7. The quantitative estimate of drug-likeness (QED) is 0.420. The number of ether oxygens (including phenoxy) is 1. The number of halogens is 1. The number of thiazole rings is 1. The van der Waals surface area contributed by atoms with Crippen molar-refractivity contribution in [2.45, 2.75) is 19.8 Å². The van der Waals surface area contributed by atoms with Gasteiger partial charge in [0.1, 0.15) is 16.6 Å². The highest BCUT2D eigenvalue weighted by Crippen LogP contribution is 2.25. The lowest BCUT2D eigenvalue weighted by molar-refractivity contribution is 0.317. The highest BCUT2D eigenvalue weighted by Gasteiger charge is 2.12. The summed E-state index contributed by atoms with van der Waals surface area (Å²) in [7, 11) is 0. The van der Waals surface area contributed by atoms with Gasteiger partial charge in [0.2, 0.25) is 11.7 Å².